The molecule has 0 atom stereocenters. The van der Waals surface area contributed by atoms with Crippen LogP contribution in [0.25, 0.3) is 71.2 Å². The van der Waals surface area contributed by atoms with Crippen LogP contribution in [0, 0.1) is 17.9 Å². The van der Waals surface area contributed by atoms with Crippen LogP contribution < -0.4 is 32.5 Å². The standard InChI is InChI=1S/C64H42B2N6O2/c1-68-60(57-41-35-44-19-15-17-29-55(44)70-57)64-59-58(61(45-30-36-51(73)37-31-45)72(64)66(49-24-10-4-11-25-49)50-26-12-5-13-27-50)63(53(42-67)56-40-34-43-18-14-16-28-54(43)69-56)71(62(59)46-32-38-52(74)39-33-46)65(47-20-6-2-7-21-47)48-22-8-3-9-23-48/h2-41,73-74H/b63-53-,64-60?. The molecule has 0 amide bonds. The molecule has 12 rings (SSSR count). The van der Waals surface area contributed by atoms with E-state index < -0.39 is 13.7 Å². The Labute approximate surface area is 428 Å². The highest BCUT2D eigenvalue weighted by molar-refractivity contribution is 6.85. The number of pyridine rings is 2. The van der Waals surface area contributed by atoms with E-state index in [9.17, 15) is 22.0 Å². The first kappa shape index (κ1) is 45.0. The molecule has 0 saturated carbocycles. The Morgan fingerprint density at radius 2 is 0.797 bits per heavy atom. The number of nitrogens with zero attached hydrogens (tertiary/aromatic N) is 6. The second kappa shape index (κ2) is 19.2. The van der Waals surface area contributed by atoms with Crippen molar-refractivity contribution in [2.24, 2.45) is 0 Å². The van der Waals surface area contributed by atoms with E-state index in [1.165, 1.54) is 0 Å². The van der Waals surface area contributed by atoms with Crippen molar-refractivity contribution in [3.63, 3.8) is 0 Å². The molecule has 4 aromatic heterocycles. The van der Waals surface area contributed by atoms with Crippen molar-refractivity contribution in [3.05, 3.63) is 276 Å². The number of hydrogen-bond donors (Lipinski definition) is 2. The summed E-state index contributed by atoms with van der Waals surface area (Å²) in [6, 6.07) is 81.7. The molecular weight excluding hydrogens is 906 g/mol. The normalized spacial score (nSPS) is 12.0. The lowest BCUT2D eigenvalue weighted by atomic mass is 9.50. The van der Waals surface area contributed by atoms with E-state index in [2.05, 4.69) is 68.4 Å². The van der Waals surface area contributed by atoms with Gasteiger partial charge in [-0.15, -0.1) is 0 Å². The van der Waals surface area contributed by atoms with E-state index in [1.54, 1.807) is 24.3 Å². The Bertz CT molecular complexity index is 3930. The van der Waals surface area contributed by atoms with Crippen molar-refractivity contribution < 1.29 is 10.2 Å². The molecule has 8 nitrogen and oxygen atoms in total. The van der Waals surface area contributed by atoms with Crippen molar-refractivity contribution in [2.45, 2.75) is 0 Å². The van der Waals surface area contributed by atoms with Gasteiger partial charge in [-0.2, -0.15) is 5.26 Å². The van der Waals surface area contributed by atoms with E-state index in [1.807, 2.05) is 170 Å². The Morgan fingerprint density at radius 1 is 0.432 bits per heavy atom. The number of phenolic OH excluding ortho intramolecular Hbond substituents is 2. The maximum absolute atomic E-state index is 12.1. The number of aromatic nitrogens is 4. The van der Waals surface area contributed by atoms with E-state index in [0.717, 1.165) is 54.8 Å². The number of phenols is 2. The summed E-state index contributed by atoms with van der Waals surface area (Å²) in [7, 11) is 0. The van der Waals surface area contributed by atoms with Crippen LogP contribution >= 0.6 is 0 Å². The number of hydrogen-bond acceptors (Lipinski definition) is 5. The minimum absolute atomic E-state index is 0.0835. The second-order valence-corrected chi connectivity index (χ2v) is 18.2. The predicted octanol–water partition coefficient (Wildman–Crippen LogP) is 9.39. The molecule has 4 heterocycles. The summed E-state index contributed by atoms with van der Waals surface area (Å²) in [5, 5.41) is 38.5. The van der Waals surface area contributed by atoms with Gasteiger partial charge in [-0.1, -0.05) is 192 Å². The van der Waals surface area contributed by atoms with E-state index in [4.69, 9.17) is 9.97 Å². The number of aromatic hydroxyl groups is 2. The number of fused-ring (bicyclic) bond motifs is 3. The fourth-order valence-corrected chi connectivity index (χ4v) is 10.6. The third kappa shape index (κ3) is 7.94. The van der Waals surface area contributed by atoms with E-state index in [-0.39, 0.29) is 17.2 Å². The highest BCUT2D eigenvalue weighted by atomic mass is 16.3. The molecule has 0 unspecified atom stereocenters. The first-order valence-electron chi connectivity index (χ1n) is 24.3. The maximum atomic E-state index is 12.1. The van der Waals surface area contributed by atoms with Gasteiger partial charge in [0, 0.05) is 38.3 Å². The zero-order valence-corrected chi connectivity index (χ0v) is 39.8. The number of rotatable bonds is 10. The molecule has 0 aliphatic rings. The summed E-state index contributed by atoms with van der Waals surface area (Å²) < 4.78 is 4.51. The molecule has 0 bridgehead atoms. The van der Waals surface area contributed by atoms with Gasteiger partial charge in [0.15, 0.2) is 0 Å². The lowest BCUT2D eigenvalue weighted by Gasteiger charge is -2.24. The average Bonchev–Trinajstić information content (AvgIpc) is 3.98. The van der Waals surface area contributed by atoms with Gasteiger partial charge in [-0.05, 0) is 83.9 Å². The third-order valence-corrected chi connectivity index (χ3v) is 13.8. The van der Waals surface area contributed by atoms with Gasteiger partial charge < -0.3 is 19.2 Å². The quantitative estimate of drug-likeness (QED) is 0.105. The van der Waals surface area contributed by atoms with Crippen molar-refractivity contribution in [1.82, 2.24) is 18.9 Å². The Morgan fingerprint density at radius 3 is 1.22 bits per heavy atom. The van der Waals surface area contributed by atoms with E-state index in [0.29, 0.717) is 49.8 Å². The minimum Gasteiger partial charge on any atom is -0.508 e. The molecule has 0 saturated heterocycles. The summed E-state index contributed by atoms with van der Waals surface area (Å²) in [5.41, 5.74) is 9.58. The van der Waals surface area contributed by atoms with E-state index >= 15 is 0 Å². The van der Waals surface area contributed by atoms with Gasteiger partial charge in [0.05, 0.1) is 34.3 Å². The largest absolute Gasteiger partial charge is 0.508 e. The molecule has 0 spiro atoms. The monoisotopic (exact) mass is 948 g/mol. The second-order valence-electron chi connectivity index (χ2n) is 18.2. The van der Waals surface area contributed by atoms with Crippen LogP contribution in [-0.4, -0.2) is 42.8 Å². The number of nitriles is 1. The Hall–Kier alpha value is -10.2. The van der Waals surface area contributed by atoms with Crippen molar-refractivity contribution in [3.8, 4) is 40.1 Å². The highest BCUT2D eigenvalue weighted by Crippen LogP contribution is 2.37. The SMILES string of the molecule is [C-]#[N+]C(c1ccc2ccccc2n1)=c1c2c(-c3ccc(O)cc3)n(B(c3ccccc3)c3ccccc3)/c(=C(/C#N)c3ccc4ccccc4n3)c2c(-c2ccc(O)cc2)n1B(c1ccccc1)c1ccccc1. The summed E-state index contributed by atoms with van der Waals surface area (Å²) in [5.74, 6) is 0.167. The van der Waals surface area contributed by atoms with Gasteiger partial charge in [0.2, 0.25) is 5.70 Å². The molecule has 0 radical (unpaired) electrons. The smallest absolute Gasteiger partial charge is 0.328 e. The molecule has 8 aromatic carbocycles. The topological polar surface area (TPSA) is 104 Å². The summed E-state index contributed by atoms with van der Waals surface area (Å²) in [6.45, 7) is 8.31. The van der Waals surface area contributed by atoms with Crippen LogP contribution in [-0.2, 0) is 0 Å². The molecule has 0 aliphatic heterocycles. The summed E-state index contributed by atoms with van der Waals surface area (Å²) in [6.07, 6.45) is 0. The maximum Gasteiger partial charge on any atom is 0.328 e. The van der Waals surface area contributed by atoms with Crippen LogP contribution in [0.15, 0.2) is 243 Å². The summed E-state index contributed by atoms with van der Waals surface area (Å²) in [4.78, 5) is 15.1. The predicted molar refractivity (Wildman–Crippen MR) is 301 cm³/mol. The van der Waals surface area contributed by atoms with Crippen LogP contribution in [0.1, 0.15) is 11.4 Å². The fraction of sp³-hybridized carbons (Fsp3) is 0. The molecule has 346 valence electrons. The molecule has 0 aliphatic carbocycles. The van der Waals surface area contributed by atoms with Gasteiger partial charge >= 0.3 is 13.7 Å². The zero-order chi connectivity index (χ0) is 50.1. The van der Waals surface area contributed by atoms with Gasteiger partial charge in [0.1, 0.15) is 23.1 Å². The molecule has 12 aromatic rings. The fourth-order valence-electron chi connectivity index (χ4n) is 10.6. The zero-order valence-electron chi connectivity index (χ0n) is 39.8. The molecule has 0 fully saturated rings. The molecule has 10 heteroatoms. The lowest BCUT2D eigenvalue weighted by Crippen LogP contribution is -2.54. The minimum atomic E-state index is -0.574. The van der Waals surface area contributed by atoms with Gasteiger partial charge in [0.25, 0.3) is 0 Å². The third-order valence-electron chi connectivity index (χ3n) is 13.8. The number of benzene rings is 8. The molecule has 74 heavy (non-hydrogen) atoms. The van der Waals surface area contributed by atoms with Gasteiger partial charge in [-0.3, -0.25) is 4.98 Å². The average molecular weight is 949 g/mol. The summed E-state index contributed by atoms with van der Waals surface area (Å²) >= 11 is 0. The van der Waals surface area contributed by atoms with Crippen LogP contribution in [0.2, 0.25) is 0 Å². The van der Waals surface area contributed by atoms with Crippen molar-refractivity contribution in [2.75, 3.05) is 0 Å². The highest BCUT2D eigenvalue weighted by Gasteiger charge is 2.37. The van der Waals surface area contributed by atoms with Crippen LogP contribution in [0.5, 0.6) is 11.5 Å². The van der Waals surface area contributed by atoms with Crippen molar-refractivity contribution in [1.29, 1.82) is 5.26 Å². The first-order chi connectivity index (χ1) is 36.5. The van der Waals surface area contributed by atoms with Crippen LogP contribution in [0.3, 0.4) is 0 Å². The molecular formula is C64H42B2N6O2. The van der Waals surface area contributed by atoms with Crippen molar-refractivity contribution >= 4 is 79.4 Å². The number of para-hydroxylation sites is 2. The Balaban J connectivity index is 1.45. The van der Waals surface area contributed by atoms with Gasteiger partial charge in [-0.25, -0.2) is 9.83 Å². The molecule has 2 N–H and O–H groups in total. The van der Waals surface area contributed by atoms with Crippen LogP contribution in [0.4, 0.5) is 0 Å². The lowest BCUT2D eigenvalue weighted by molar-refractivity contribution is 0.475. The first-order valence-corrected chi connectivity index (χ1v) is 24.3. The Kier molecular flexibility index (Phi) is 11.7.